The lowest BCUT2D eigenvalue weighted by Gasteiger charge is -2.15. The Morgan fingerprint density at radius 1 is 0.722 bits per heavy atom. The fourth-order valence-corrected chi connectivity index (χ4v) is 5.11. The summed E-state index contributed by atoms with van der Waals surface area (Å²) in [6.45, 7) is 7.52. The van der Waals surface area contributed by atoms with Crippen LogP contribution in [0.3, 0.4) is 0 Å². The van der Waals surface area contributed by atoms with Gasteiger partial charge in [-0.2, -0.15) is 16.8 Å². The van der Waals surface area contributed by atoms with Gasteiger partial charge in [0, 0.05) is 23.5 Å². The monoisotopic (exact) mass is 572 g/mol. The van der Waals surface area contributed by atoms with E-state index in [4.69, 9.17) is 24.4 Å². The molecule has 0 saturated heterocycles. The molecule has 0 fully saturated rings. The van der Waals surface area contributed by atoms with E-state index in [1.54, 1.807) is 12.1 Å². The average Bonchev–Trinajstić information content (AvgIpc) is 2.70. The van der Waals surface area contributed by atoms with E-state index < -0.39 is 30.0 Å². The smallest absolute Gasteiger partial charge is 0.295 e. The molecule has 0 aromatic heterocycles. The van der Waals surface area contributed by atoms with Gasteiger partial charge in [0.05, 0.1) is 0 Å². The first kappa shape index (κ1) is 29.6. The van der Waals surface area contributed by atoms with Crippen molar-refractivity contribution in [3.8, 4) is 0 Å². The Bertz CT molecular complexity index is 1280. The molecule has 0 aliphatic heterocycles. The van der Waals surface area contributed by atoms with Crippen molar-refractivity contribution in [2.75, 3.05) is 10.6 Å². The van der Waals surface area contributed by atoms with Crippen molar-refractivity contribution in [3.63, 3.8) is 0 Å². The molecule has 0 heterocycles. The van der Waals surface area contributed by atoms with Gasteiger partial charge in [-0.3, -0.25) is 9.11 Å². The van der Waals surface area contributed by atoms with Gasteiger partial charge in [-0.05, 0) is 87.5 Å². The second kappa shape index (κ2) is 12.1. The van der Waals surface area contributed by atoms with Crippen LogP contribution in [0.4, 0.5) is 11.4 Å². The number of nitrogens with one attached hydrogen (secondary N) is 4. The molecule has 0 amide bonds. The first-order chi connectivity index (χ1) is 16.6. The van der Waals surface area contributed by atoms with Crippen molar-refractivity contribution in [3.05, 3.63) is 47.5 Å². The third-order valence-corrected chi connectivity index (χ3v) is 6.64. The van der Waals surface area contributed by atoms with Crippen molar-refractivity contribution in [1.29, 1.82) is 0 Å². The maximum absolute atomic E-state index is 12.0. The summed E-state index contributed by atoms with van der Waals surface area (Å²) < 4.78 is 67.5. The molecule has 0 saturated carbocycles. The highest BCUT2D eigenvalue weighted by molar-refractivity contribution is 7.86. The third-order valence-electron chi connectivity index (χ3n) is 4.38. The first-order valence-corrected chi connectivity index (χ1v) is 14.3. The zero-order valence-corrected chi connectivity index (χ0v) is 23.2. The Hall–Kier alpha value is -2.62. The predicted octanol–water partition coefficient (Wildman–Crippen LogP) is 3.74. The number of anilines is 2. The van der Waals surface area contributed by atoms with Crippen LogP contribution in [-0.2, 0) is 20.2 Å². The van der Waals surface area contributed by atoms with Gasteiger partial charge < -0.3 is 21.3 Å². The summed E-state index contributed by atoms with van der Waals surface area (Å²) in [6, 6.07) is 8.41. The summed E-state index contributed by atoms with van der Waals surface area (Å²) >= 11 is 10.3. The quantitative estimate of drug-likeness (QED) is 0.155. The lowest BCUT2D eigenvalue weighted by molar-refractivity contribution is 0.480. The van der Waals surface area contributed by atoms with Crippen molar-refractivity contribution >= 4 is 78.4 Å². The first-order valence-electron chi connectivity index (χ1n) is 10.6. The molecule has 0 aliphatic rings. The van der Waals surface area contributed by atoms with E-state index in [-0.39, 0.29) is 33.4 Å². The highest BCUT2D eigenvalue weighted by Crippen LogP contribution is 2.26. The Kier molecular flexibility index (Phi) is 9.93. The Balaban J connectivity index is 2.44. The fourth-order valence-electron chi connectivity index (χ4n) is 2.98. The normalized spacial score (nSPS) is 12.1. The van der Waals surface area contributed by atoms with E-state index >= 15 is 0 Å². The maximum atomic E-state index is 12.0. The SMILES string of the molecule is CC(C)NC(=S)Nc1ccc(/C=C/c2ccc(NC(=S)NC(C)C)cc2S(=O)(=O)O)c(S(=O)(=O)O)c1. The fraction of sp³-hybridized carbons (Fsp3) is 0.273. The molecule has 2 aromatic carbocycles. The number of hydrogen-bond donors (Lipinski definition) is 6. The van der Waals surface area contributed by atoms with Gasteiger partial charge in [-0.25, -0.2) is 0 Å². The van der Waals surface area contributed by atoms with E-state index in [1.165, 1.54) is 36.4 Å². The van der Waals surface area contributed by atoms with Crippen LogP contribution < -0.4 is 21.3 Å². The van der Waals surface area contributed by atoms with Gasteiger partial charge >= 0.3 is 0 Å². The zero-order valence-electron chi connectivity index (χ0n) is 19.9. The van der Waals surface area contributed by atoms with Crippen LogP contribution in [0, 0.1) is 0 Å². The summed E-state index contributed by atoms with van der Waals surface area (Å²) in [5, 5.41) is 12.1. The van der Waals surface area contributed by atoms with Crippen LogP contribution in [0.2, 0.25) is 0 Å². The molecule has 10 nitrogen and oxygen atoms in total. The number of benzene rings is 2. The molecule has 2 rings (SSSR count). The molecule has 36 heavy (non-hydrogen) atoms. The van der Waals surface area contributed by atoms with Gasteiger partial charge in [0.1, 0.15) is 9.79 Å². The lowest BCUT2D eigenvalue weighted by atomic mass is 10.1. The molecule has 14 heteroatoms. The average molecular weight is 573 g/mol. The molecule has 196 valence electrons. The summed E-state index contributed by atoms with van der Waals surface area (Å²) in [4.78, 5) is -0.846. The number of hydrogen-bond acceptors (Lipinski definition) is 6. The second-order valence-corrected chi connectivity index (χ2v) is 11.9. The molecular weight excluding hydrogens is 545 g/mol. The highest BCUT2D eigenvalue weighted by Gasteiger charge is 2.18. The van der Waals surface area contributed by atoms with Gasteiger partial charge in [-0.1, -0.05) is 24.3 Å². The van der Waals surface area contributed by atoms with E-state index in [0.29, 0.717) is 11.4 Å². The second-order valence-electron chi connectivity index (χ2n) is 8.30. The van der Waals surface area contributed by atoms with Crippen LogP contribution in [-0.4, -0.2) is 48.2 Å². The molecule has 0 aliphatic carbocycles. The molecule has 6 N–H and O–H groups in total. The summed E-state index contributed by atoms with van der Waals surface area (Å²) in [6.07, 6.45) is 2.61. The van der Waals surface area contributed by atoms with Crippen LogP contribution in [0.15, 0.2) is 46.2 Å². The lowest BCUT2D eigenvalue weighted by Crippen LogP contribution is -2.33. The predicted molar refractivity (Wildman–Crippen MR) is 150 cm³/mol. The minimum absolute atomic E-state index is 0.0499. The summed E-state index contributed by atoms with van der Waals surface area (Å²) in [5.41, 5.74) is 0.795. The van der Waals surface area contributed by atoms with Crippen molar-refractivity contribution in [2.24, 2.45) is 0 Å². The van der Waals surface area contributed by atoms with Crippen LogP contribution in [0.25, 0.3) is 12.2 Å². The minimum atomic E-state index is -4.64. The Morgan fingerprint density at radius 2 is 1.06 bits per heavy atom. The molecule has 0 unspecified atom stereocenters. The summed E-state index contributed by atoms with van der Waals surface area (Å²) in [5.74, 6) is 0. The Labute approximate surface area is 222 Å². The maximum Gasteiger partial charge on any atom is 0.295 e. The summed E-state index contributed by atoms with van der Waals surface area (Å²) in [7, 11) is -9.28. The molecule has 0 spiro atoms. The van der Waals surface area contributed by atoms with Crippen LogP contribution in [0.1, 0.15) is 38.8 Å². The molecule has 0 atom stereocenters. The van der Waals surface area contributed by atoms with E-state index in [0.717, 1.165) is 0 Å². The molecule has 0 radical (unpaired) electrons. The molecule has 0 bridgehead atoms. The van der Waals surface area contributed by atoms with E-state index in [1.807, 2.05) is 27.7 Å². The van der Waals surface area contributed by atoms with E-state index in [9.17, 15) is 25.9 Å². The molecular formula is C22H28N4O6S4. The third kappa shape index (κ3) is 9.11. The van der Waals surface area contributed by atoms with Gasteiger partial charge in [-0.15, -0.1) is 0 Å². The van der Waals surface area contributed by atoms with Crippen molar-refractivity contribution < 1.29 is 25.9 Å². The van der Waals surface area contributed by atoms with Crippen molar-refractivity contribution in [2.45, 2.75) is 49.6 Å². The zero-order chi connectivity index (χ0) is 27.3. The minimum Gasteiger partial charge on any atom is -0.360 e. The number of rotatable bonds is 8. The van der Waals surface area contributed by atoms with Crippen LogP contribution >= 0.6 is 24.4 Å². The van der Waals surface area contributed by atoms with E-state index in [2.05, 4.69) is 21.3 Å². The van der Waals surface area contributed by atoms with Gasteiger partial charge in [0.15, 0.2) is 10.2 Å². The Morgan fingerprint density at radius 3 is 1.33 bits per heavy atom. The molecule has 2 aromatic rings. The topological polar surface area (TPSA) is 157 Å². The van der Waals surface area contributed by atoms with Gasteiger partial charge in [0.2, 0.25) is 0 Å². The van der Waals surface area contributed by atoms with Crippen molar-refractivity contribution in [1.82, 2.24) is 10.6 Å². The standard InChI is InChI=1S/C22H28N4O6S4/c1-13(2)23-21(33)25-17-9-7-15(19(11-17)35(27,28)29)5-6-16-8-10-18(12-20(16)36(30,31)32)26-22(34)24-14(3)4/h5-14H,1-4H3,(H2,23,25,33)(H2,24,26,34)(H,27,28,29)(H,30,31,32)/b6-5+. The number of thiocarbonyl (C=S) groups is 2. The largest absolute Gasteiger partial charge is 0.360 e. The highest BCUT2D eigenvalue weighted by atomic mass is 32.2. The van der Waals surface area contributed by atoms with Crippen LogP contribution in [0.5, 0.6) is 0 Å². The van der Waals surface area contributed by atoms with Gasteiger partial charge in [0.25, 0.3) is 20.2 Å².